The number of hydrogen-bond donors (Lipinski definition) is 0. The molecule has 0 bridgehead atoms. The summed E-state index contributed by atoms with van der Waals surface area (Å²) in [7, 11) is -1.83. The van der Waals surface area contributed by atoms with Crippen LogP contribution in [0.4, 0.5) is 0 Å². The molecular weight excluding hydrogens is 549 g/mol. The maximum absolute atomic E-state index is 6.72. The number of fused-ring (bicyclic) bond motifs is 1. The molecule has 0 saturated heterocycles. The summed E-state index contributed by atoms with van der Waals surface area (Å²) in [6.45, 7) is 22.4. The van der Waals surface area contributed by atoms with Crippen molar-refractivity contribution in [3.63, 3.8) is 0 Å². The van der Waals surface area contributed by atoms with E-state index in [1.807, 2.05) is 24.5 Å². The Morgan fingerprint density at radius 2 is 1.53 bits per heavy atom. The van der Waals surface area contributed by atoms with Gasteiger partial charge >= 0.3 is 0 Å². The highest BCUT2D eigenvalue weighted by Gasteiger charge is 2.39. The monoisotopic (exact) mass is 596 g/mol. The lowest BCUT2D eigenvalue weighted by atomic mass is 9.98. The Balaban J connectivity index is 1.36. The van der Waals surface area contributed by atoms with Gasteiger partial charge in [-0.2, -0.15) is 5.10 Å². The lowest BCUT2D eigenvalue weighted by Crippen LogP contribution is -2.47. The minimum atomic E-state index is -1.83. The molecular formula is C36H48N4O2Si. The summed E-state index contributed by atoms with van der Waals surface area (Å²) in [4.78, 5) is 6.77. The topological polar surface area (TPSA) is 52.4 Å². The van der Waals surface area contributed by atoms with E-state index in [2.05, 4.69) is 118 Å². The minimum Gasteiger partial charge on any atom is -0.489 e. The van der Waals surface area contributed by atoms with E-state index in [0.717, 1.165) is 48.7 Å². The predicted molar refractivity (Wildman–Crippen MR) is 179 cm³/mol. The van der Waals surface area contributed by atoms with Crippen LogP contribution in [0.3, 0.4) is 0 Å². The summed E-state index contributed by atoms with van der Waals surface area (Å²) in [5, 5.41) is 5.32. The van der Waals surface area contributed by atoms with Crippen LogP contribution in [0.5, 0.6) is 5.75 Å². The van der Waals surface area contributed by atoms with Gasteiger partial charge in [0.15, 0.2) is 8.32 Å². The lowest BCUT2D eigenvalue weighted by Gasteiger charge is -2.40. The molecule has 1 aliphatic rings. The Hall–Kier alpha value is -3.26. The molecule has 0 amide bonds. The Morgan fingerprint density at radius 1 is 0.860 bits per heavy atom. The molecule has 4 aromatic rings. The zero-order chi connectivity index (χ0) is 30.8. The van der Waals surface area contributed by atoms with Gasteiger partial charge in [0, 0.05) is 43.2 Å². The highest BCUT2D eigenvalue weighted by atomic mass is 28.4. The van der Waals surface area contributed by atoms with E-state index in [4.69, 9.17) is 14.3 Å². The van der Waals surface area contributed by atoms with E-state index >= 15 is 0 Å². The first kappa shape index (κ1) is 31.2. The first-order valence-electron chi connectivity index (χ1n) is 15.6. The molecule has 0 fully saturated rings. The molecule has 1 aliphatic heterocycles. The van der Waals surface area contributed by atoms with Crippen molar-refractivity contribution in [2.75, 3.05) is 13.1 Å². The van der Waals surface area contributed by atoms with Crippen molar-refractivity contribution in [1.82, 2.24) is 19.7 Å². The first-order valence-corrected chi connectivity index (χ1v) is 18.5. The van der Waals surface area contributed by atoms with Crippen molar-refractivity contribution in [2.45, 2.75) is 91.4 Å². The Kier molecular flexibility index (Phi) is 9.25. The Bertz CT molecular complexity index is 1490. The van der Waals surface area contributed by atoms with E-state index in [0.29, 0.717) is 12.5 Å². The second-order valence-electron chi connectivity index (χ2n) is 13.8. The van der Waals surface area contributed by atoms with E-state index in [9.17, 15) is 0 Å². The number of hydrogen-bond acceptors (Lipinski definition) is 5. The summed E-state index contributed by atoms with van der Waals surface area (Å²) in [5.41, 5.74) is 8.18. The Morgan fingerprint density at radius 3 is 2.16 bits per heavy atom. The summed E-state index contributed by atoms with van der Waals surface area (Å²) in [5.74, 6) is 1.39. The second-order valence-corrected chi connectivity index (χ2v) is 18.5. The molecule has 7 heteroatoms. The summed E-state index contributed by atoms with van der Waals surface area (Å²) < 4.78 is 15.1. The zero-order valence-corrected chi connectivity index (χ0v) is 28.2. The number of aromatic nitrogens is 3. The van der Waals surface area contributed by atoms with Crippen LogP contribution in [0.2, 0.25) is 18.1 Å². The summed E-state index contributed by atoms with van der Waals surface area (Å²) in [6, 6.07) is 21.3. The smallest absolute Gasteiger partial charge is 0.192 e. The van der Waals surface area contributed by atoms with Crippen LogP contribution in [-0.2, 0) is 24.1 Å². The van der Waals surface area contributed by atoms with Crippen molar-refractivity contribution in [2.24, 2.45) is 0 Å². The van der Waals surface area contributed by atoms with E-state index < -0.39 is 8.32 Å². The normalized spacial score (nSPS) is 15.0. The fraction of sp³-hybridized carbons (Fsp3) is 0.444. The van der Waals surface area contributed by atoms with Crippen LogP contribution in [0.25, 0.3) is 22.4 Å². The zero-order valence-electron chi connectivity index (χ0n) is 27.2. The average Bonchev–Trinajstić information content (AvgIpc) is 3.35. The largest absolute Gasteiger partial charge is 0.489 e. The van der Waals surface area contributed by atoms with Crippen molar-refractivity contribution < 1.29 is 9.16 Å². The third kappa shape index (κ3) is 7.28. The van der Waals surface area contributed by atoms with Crippen LogP contribution in [0, 0.1) is 0 Å². The number of rotatable bonds is 10. The molecule has 0 N–H and O–H groups in total. The molecule has 0 radical (unpaired) electrons. The summed E-state index contributed by atoms with van der Waals surface area (Å²) in [6.07, 6.45) is 3.86. The fourth-order valence-corrected chi connectivity index (χ4v) is 6.94. The van der Waals surface area contributed by atoms with Crippen LogP contribution < -0.4 is 4.74 Å². The average molecular weight is 597 g/mol. The molecule has 43 heavy (non-hydrogen) atoms. The first-order chi connectivity index (χ1) is 20.4. The van der Waals surface area contributed by atoms with Crippen molar-refractivity contribution >= 4 is 8.32 Å². The van der Waals surface area contributed by atoms with E-state index in [1.54, 1.807) is 0 Å². The van der Waals surface area contributed by atoms with Crippen LogP contribution in [0.1, 0.15) is 64.3 Å². The molecule has 0 aliphatic carbocycles. The molecule has 1 unspecified atom stereocenters. The SMILES string of the molecule is CC(CN1CCn2nc(-c3ccncc3)c(-c3ccc(OCc4ccc(C(C)C)cc4)cc3)c2C1)O[Si](C)(C)C(C)(C)C. The standard InChI is InChI=1S/C36H48N4O2Si/c1-26(2)29-11-9-28(10-12-29)25-41-32-15-13-30(14-16-32)34-33-24-39(23-27(3)42-43(7,8)36(4,5)6)21-22-40(33)38-35(34)31-17-19-37-20-18-31/h9-20,26-27H,21-25H2,1-8H3. The van der Waals surface area contributed by atoms with Gasteiger partial charge in [0.1, 0.15) is 18.1 Å². The second kappa shape index (κ2) is 12.8. The van der Waals surface area contributed by atoms with Gasteiger partial charge in [0.05, 0.1) is 18.3 Å². The highest BCUT2D eigenvalue weighted by molar-refractivity contribution is 6.74. The molecule has 1 atom stereocenters. The molecule has 2 aromatic carbocycles. The minimum absolute atomic E-state index is 0.177. The van der Waals surface area contributed by atoms with Crippen molar-refractivity contribution in [3.05, 3.63) is 89.9 Å². The third-order valence-corrected chi connectivity index (χ3v) is 13.6. The quantitative estimate of drug-likeness (QED) is 0.172. The number of pyridine rings is 1. The van der Waals surface area contributed by atoms with Crippen LogP contribution >= 0.6 is 0 Å². The molecule has 0 spiro atoms. The molecule has 3 heterocycles. The van der Waals surface area contributed by atoms with Crippen molar-refractivity contribution in [1.29, 1.82) is 0 Å². The van der Waals surface area contributed by atoms with Gasteiger partial charge < -0.3 is 9.16 Å². The molecule has 2 aromatic heterocycles. The Labute approximate surface area is 259 Å². The van der Waals surface area contributed by atoms with Gasteiger partial charge in [-0.3, -0.25) is 14.6 Å². The molecule has 6 nitrogen and oxygen atoms in total. The summed E-state index contributed by atoms with van der Waals surface area (Å²) >= 11 is 0. The fourth-order valence-electron chi connectivity index (χ4n) is 5.50. The van der Waals surface area contributed by atoms with Gasteiger partial charge in [0.2, 0.25) is 0 Å². The van der Waals surface area contributed by atoms with Crippen LogP contribution in [0.15, 0.2) is 73.1 Å². The number of nitrogens with zero attached hydrogens (tertiary/aromatic N) is 4. The van der Waals surface area contributed by atoms with Gasteiger partial charge in [-0.05, 0) is 71.9 Å². The van der Waals surface area contributed by atoms with Crippen LogP contribution in [-0.4, -0.2) is 47.2 Å². The van der Waals surface area contributed by atoms with E-state index in [1.165, 1.54) is 22.4 Å². The maximum atomic E-state index is 6.72. The van der Waals surface area contributed by atoms with Gasteiger partial charge in [0.25, 0.3) is 0 Å². The van der Waals surface area contributed by atoms with E-state index in [-0.39, 0.29) is 11.1 Å². The molecule has 5 rings (SSSR count). The lowest BCUT2D eigenvalue weighted by molar-refractivity contribution is 0.113. The number of benzene rings is 2. The number of ether oxygens (including phenoxy) is 1. The maximum Gasteiger partial charge on any atom is 0.192 e. The highest BCUT2D eigenvalue weighted by Crippen LogP contribution is 2.39. The van der Waals surface area contributed by atoms with Gasteiger partial charge in [-0.25, -0.2) is 0 Å². The van der Waals surface area contributed by atoms with Gasteiger partial charge in [-0.15, -0.1) is 0 Å². The van der Waals surface area contributed by atoms with Gasteiger partial charge in [-0.1, -0.05) is 71.0 Å². The predicted octanol–water partition coefficient (Wildman–Crippen LogP) is 8.54. The third-order valence-electron chi connectivity index (χ3n) is 9.03. The van der Waals surface area contributed by atoms with Crippen molar-refractivity contribution in [3.8, 4) is 28.1 Å². The molecule has 228 valence electrons. The molecule has 0 saturated carbocycles.